The number of nitrogens with two attached hydrogens (primary N) is 1. The van der Waals surface area contributed by atoms with Crippen molar-refractivity contribution in [1.82, 2.24) is 5.32 Å². The van der Waals surface area contributed by atoms with E-state index in [0.717, 1.165) is 40.5 Å². The largest absolute Gasteiger partial charge is 0.342 e. The van der Waals surface area contributed by atoms with Crippen LogP contribution >= 0.6 is 0 Å². The minimum absolute atomic E-state index is 0.0203. The molecule has 4 bridgehead atoms. The van der Waals surface area contributed by atoms with Crippen LogP contribution in [0.25, 0.3) is 0 Å². The molecule has 0 saturated heterocycles. The highest BCUT2D eigenvalue weighted by Gasteiger charge is 2.50. The third-order valence-electron chi connectivity index (χ3n) is 7.39. The van der Waals surface area contributed by atoms with E-state index in [1.54, 1.807) is 0 Å². The molecule has 152 valence electrons. The molecule has 0 unspecified atom stereocenters. The van der Waals surface area contributed by atoms with Crippen LogP contribution in [0.5, 0.6) is 0 Å². The Bertz CT molecular complexity index is 712. The number of aryl methyl sites for hydroxylation is 2. The standard InChI is InChI=1S/C23H33N3O2/c1-13-5-4-6-14(2)21(13)26-20(27)12-24-23(28)15(3)25-22-18-8-16-7-17(10-18)11-19(22)9-16/h4-6,15-19,22,25H,7-12H2,1-3H3,(H,24,28)(H,26,27)/p+1/t15-,16?,17?,18?,19?,22?/m0/s1. The predicted octanol–water partition coefficient (Wildman–Crippen LogP) is 2.13. The third kappa shape index (κ3) is 3.95. The lowest BCUT2D eigenvalue weighted by atomic mass is 9.54. The van der Waals surface area contributed by atoms with Crippen LogP contribution in [-0.2, 0) is 9.59 Å². The molecule has 4 saturated carbocycles. The SMILES string of the molecule is Cc1cccc(C)c1NC(=O)CNC(=O)[C@H](C)[NH2+]C1C2CC3CC(C2)CC1C3. The molecule has 0 radical (unpaired) electrons. The molecule has 5 rings (SSSR count). The molecule has 5 nitrogen and oxygen atoms in total. The first-order valence-electron chi connectivity index (χ1n) is 10.9. The average Bonchev–Trinajstić information content (AvgIpc) is 2.65. The molecule has 0 spiro atoms. The highest BCUT2D eigenvalue weighted by Crippen LogP contribution is 2.52. The van der Waals surface area contributed by atoms with Gasteiger partial charge in [0.05, 0.1) is 12.6 Å². The van der Waals surface area contributed by atoms with Crippen LogP contribution in [0.1, 0.15) is 50.2 Å². The second kappa shape index (κ2) is 7.86. The summed E-state index contributed by atoms with van der Waals surface area (Å²) in [5, 5.41) is 8.06. The van der Waals surface area contributed by atoms with Gasteiger partial charge in [-0.3, -0.25) is 9.59 Å². The Labute approximate surface area is 168 Å². The zero-order chi connectivity index (χ0) is 19.8. The van der Waals surface area contributed by atoms with E-state index in [1.165, 1.54) is 32.1 Å². The van der Waals surface area contributed by atoms with Gasteiger partial charge >= 0.3 is 0 Å². The predicted molar refractivity (Wildman–Crippen MR) is 110 cm³/mol. The highest BCUT2D eigenvalue weighted by molar-refractivity contribution is 5.96. The summed E-state index contributed by atoms with van der Waals surface area (Å²) in [5.74, 6) is 3.27. The number of rotatable bonds is 6. The van der Waals surface area contributed by atoms with Gasteiger partial charge in [0.15, 0.2) is 6.04 Å². The molecule has 0 heterocycles. The van der Waals surface area contributed by atoms with Crippen molar-refractivity contribution in [2.45, 2.75) is 65.0 Å². The number of para-hydroxylation sites is 1. The lowest BCUT2D eigenvalue weighted by molar-refractivity contribution is -0.725. The summed E-state index contributed by atoms with van der Waals surface area (Å²) in [5.41, 5.74) is 2.90. The fraction of sp³-hybridized carbons (Fsp3) is 0.652. The van der Waals surface area contributed by atoms with E-state index in [4.69, 9.17) is 0 Å². The molecule has 1 aromatic carbocycles. The van der Waals surface area contributed by atoms with Crippen LogP contribution in [0.15, 0.2) is 18.2 Å². The molecule has 4 aliphatic rings. The zero-order valence-corrected chi connectivity index (χ0v) is 17.3. The van der Waals surface area contributed by atoms with Gasteiger partial charge in [0.1, 0.15) is 0 Å². The number of amides is 2. The van der Waals surface area contributed by atoms with Crippen LogP contribution in [-0.4, -0.2) is 30.4 Å². The smallest absolute Gasteiger partial charge is 0.278 e. The van der Waals surface area contributed by atoms with E-state index in [9.17, 15) is 9.59 Å². The van der Waals surface area contributed by atoms with Crippen molar-refractivity contribution in [3.63, 3.8) is 0 Å². The summed E-state index contributed by atoms with van der Waals surface area (Å²) in [7, 11) is 0. The molecule has 4 aliphatic carbocycles. The summed E-state index contributed by atoms with van der Waals surface area (Å²) < 4.78 is 0. The number of carbonyl (C=O) groups excluding carboxylic acids is 2. The monoisotopic (exact) mass is 384 g/mol. The minimum Gasteiger partial charge on any atom is -0.342 e. The van der Waals surface area contributed by atoms with Crippen molar-refractivity contribution in [1.29, 1.82) is 0 Å². The van der Waals surface area contributed by atoms with E-state index in [0.29, 0.717) is 6.04 Å². The first-order chi connectivity index (χ1) is 13.4. The number of hydrogen-bond acceptors (Lipinski definition) is 2. The zero-order valence-electron chi connectivity index (χ0n) is 17.3. The Hall–Kier alpha value is -1.88. The van der Waals surface area contributed by atoms with Crippen LogP contribution in [0.4, 0.5) is 5.69 Å². The number of quaternary nitrogens is 1. The second-order valence-corrected chi connectivity index (χ2v) is 9.52. The number of carbonyl (C=O) groups is 2. The summed E-state index contributed by atoms with van der Waals surface area (Å²) in [6.45, 7) is 5.95. The van der Waals surface area contributed by atoms with E-state index in [2.05, 4.69) is 16.0 Å². The summed E-state index contributed by atoms with van der Waals surface area (Å²) in [6.07, 6.45) is 6.90. The average molecular weight is 385 g/mol. The maximum Gasteiger partial charge on any atom is 0.278 e. The van der Waals surface area contributed by atoms with E-state index >= 15 is 0 Å². The topological polar surface area (TPSA) is 74.8 Å². The van der Waals surface area contributed by atoms with Crippen LogP contribution in [0, 0.1) is 37.5 Å². The Morgan fingerprint density at radius 2 is 1.61 bits per heavy atom. The van der Waals surface area contributed by atoms with Gasteiger partial charge in [0.2, 0.25) is 5.91 Å². The number of nitrogens with one attached hydrogen (secondary N) is 2. The normalized spacial score (nSPS) is 31.5. The third-order valence-corrected chi connectivity index (χ3v) is 7.39. The van der Waals surface area contributed by atoms with E-state index in [1.807, 2.05) is 39.0 Å². The first-order valence-corrected chi connectivity index (χ1v) is 10.9. The van der Waals surface area contributed by atoms with Gasteiger partial charge in [-0.15, -0.1) is 0 Å². The van der Waals surface area contributed by atoms with Gasteiger partial charge in [-0.1, -0.05) is 18.2 Å². The maximum absolute atomic E-state index is 12.6. The highest BCUT2D eigenvalue weighted by atomic mass is 16.2. The fourth-order valence-corrected chi connectivity index (χ4v) is 6.23. The van der Waals surface area contributed by atoms with Crippen molar-refractivity contribution in [2.75, 3.05) is 11.9 Å². The van der Waals surface area contributed by atoms with Crippen molar-refractivity contribution in [2.24, 2.45) is 23.7 Å². The Morgan fingerprint density at radius 1 is 1.04 bits per heavy atom. The van der Waals surface area contributed by atoms with Crippen molar-refractivity contribution >= 4 is 17.5 Å². The summed E-state index contributed by atoms with van der Waals surface area (Å²) in [4.78, 5) is 24.9. The van der Waals surface area contributed by atoms with E-state index in [-0.39, 0.29) is 24.4 Å². The van der Waals surface area contributed by atoms with Gasteiger partial charge in [0, 0.05) is 17.5 Å². The number of anilines is 1. The van der Waals surface area contributed by atoms with Gasteiger partial charge < -0.3 is 16.0 Å². The summed E-state index contributed by atoms with van der Waals surface area (Å²) in [6, 6.07) is 6.38. The van der Waals surface area contributed by atoms with Gasteiger partial charge in [-0.25, -0.2) is 0 Å². The Morgan fingerprint density at radius 3 is 2.18 bits per heavy atom. The molecule has 0 aromatic heterocycles. The van der Waals surface area contributed by atoms with Gasteiger partial charge in [-0.2, -0.15) is 0 Å². The van der Waals surface area contributed by atoms with Crippen LogP contribution in [0.3, 0.4) is 0 Å². The Kier molecular flexibility index (Phi) is 5.46. The fourth-order valence-electron chi connectivity index (χ4n) is 6.23. The Balaban J connectivity index is 1.26. The lowest BCUT2D eigenvalue weighted by Gasteiger charge is -2.53. The molecule has 1 atom stereocenters. The van der Waals surface area contributed by atoms with Crippen molar-refractivity contribution in [3.8, 4) is 0 Å². The van der Waals surface area contributed by atoms with Crippen molar-refractivity contribution in [3.05, 3.63) is 29.3 Å². The number of hydrogen-bond donors (Lipinski definition) is 3. The van der Waals surface area contributed by atoms with Crippen molar-refractivity contribution < 1.29 is 14.9 Å². The molecular weight excluding hydrogens is 350 g/mol. The molecule has 1 aromatic rings. The molecule has 5 heteroatoms. The number of benzene rings is 1. The molecule has 0 aliphatic heterocycles. The molecule has 4 fully saturated rings. The summed E-state index contributed by atoms with van der Waals surface area (Å²) >= 11 is 0. The molecular formula is C23H34N3O2+. The molecule has 2 amide bonds. The van der Waals surface area contributed by atoms with Gasteiger partial charge in [-0.05, 0) is 75.8 Å². The lowest BCUT2D eigenvalue weighted by Crippen LogP contribution is -3.00. The maximum atomic E-state index is 12.6. The van der Waals surface area contributed by atoms with Crippen LogP contribution in [0.2, 0.25) is 0 Å². The molecule has 4 N–H and O–H groups in total. The second-order valence-electron chi connectivity index (χ2n) is 9.52. The minimum atomic E-state index is -0.174. The molecule has 28 heavy (non-hydrogen) atoms. The first kappa shape index (κ1) is 19.4. The van der Waals surface area contributed by atoms with Gasteiger partial charge in [0.25, 0.3) is 5.91 Å². The van der Waals surface area contributed by atoms with Crippen LogP contribution < -0.4 is 16.0 Å². The quantitative estimate of drug-likeness (QED) is 0.703. The van der Waals surface area contributed by atoms with E-state index < -0.39 is 0 Å².